The molecule has 0 unspecified atom stereocenters. The summed E-state index contributed by atoms with van der Waals surface area (Å²) in [6, 6.07) is 0. The molecule has 1 aliphatic heterocycles. The van der Waals surface area contributed by atoms with Crippen LogP contribution in [0, 0.1) is 12.8 Å². The highest BCUT2D eigenvalue weighted by Gasteiger charge is 2.34. The van der Waals surface area contributed by atoms with E-state index >= 15 is 0 Å². The van der Waals surface area contributed by atoms with Crippen molar-refractivity contribution in [2.24, 2.45) is 5.92 Å². The molecular formula is C19H22O7. The van der Waals surface area contributed by atoms with Crippen molar-refractivity contribution in [1.82, 2.24) is 0 Å². The Morgan fingerprint density at radius 3 is 2.54 bits per heavy atom. The third kappa shape index (κ3) is 3.56. The minimum absolute atomic E-state index is 0.0297. The van der Waals surface area contributed by atoms with E-state index in [2.05, 4.69) is 0 Å². The maximum Gasteiger partial charge on any atom is 0.339 e. The standard InChI is InChI=1S/C19H22O7/c1-9(7-10(2)17(20)21)5-6-12-14(18(22)23)15-13(8-26-19(15)24)11(3)16(12)25-4/h5,10H,6-8H2,1-4H3,(H,20,21)(H,22,23)/b9-5+/t10-/m1/s1. The summed E-state index contributed by atoms with van der Waals surface area (Å²) in [6.45, 7) is 5.19. The van der Waals surface area contributed by atoms with Crippen molar-refractivity contribution in [3.8, 4) is 5.75 Å². The molecular weight excluding hydrogens is 340 g/mol. The van der Waals surface area contributed by atoms with E-state index in [1.54, 1.807) is 26.8 Å². The molecule has 0 aromatic heterocycles. The largest absolute Gasteiger partial charge is 0.496 e. The van der Waals surface area contributed by atoms with Crippen molar-refractivity contribution in [1.29, 1.82) is 0 Å². The molecule has 0 spiro atoms. The summed E-state index contributed by atoms with van der Waals surface area (Å²) in [4.78, 5) is 34.9. The number of rotatable bonds is 7. The highest BCUT2D eigenvalue weighted by atomic mass is 16.5. The van der Waals surface area contributed by atoms with Gasteiger partial charge in [-0.2, -0.15) is 0 Å². The Morgan fingerprint density at radius 2 is 2.00 bits per heavy atom. The summed E-state index contributed by atoms with van der Waals surface area (Å²) in [5.41, 5.74) is 2.39. The van der Waals surface area contributed by atoms with Crippen molar-refractivity contribution < 1.29 is 34.1 Å². The monoisotopic (exact) mass is 362 g/mol. The lowest BCUT2D eigenvalue weighted by Crippen LogP contribution is -2.14. The van der Waals surface area contributed by atoms with Crippen molar-refractivity contribution in [3.05, 3.63) is 39.5 Å². The fourth-order valence-electron chi connectivity index (χ4n) is 3.22. The molecule has 1 heterocycles. The molecule has 0 aliphatic carbocycles. The molecule has 0 bridgehead atoms. The zero-order valence-corrected chi connectivity index (χ0v) is 15.2. The van der Waals surface area contributed by atoms with Gasteiger partial charge < -0.3 is 19.7 Å². The number of methoxy groups -OCH3 is 1. The maximum absolute atomic E-state index is 12.0. The topological polar surface area (TPSA) is 110 Å². The third-order valence-corrected chi connectivity index (χ3v) is 4.59. The van der Waals surface area contributed by atoms with Gasteiger partial charge in [-0.15, -0.1) is 0 Å². The second-order valence-electron chi connectivity index (χ2n) is 6.44. The second-order valence-corrected chi connectivity index (χ2v) is 6.44. The summed E-state index contributed by atoms with van der Waals surface area (Å²) in [6.07, 6.45) is 2.34. The van der Waals surface area contributed by atoms with Crippen LogP contribution in [0.2, 0.25) is 0 Å². The molecule has 2 rings (SSSR count). The Balaban J connectivity index is 2.52. The Morgan fingerprint density at radius 1 is 1.35 bits per heavy atom. The number of ether oxygens (including phenoxy) is 2. The van der Waals surface area contributed by atoms with Crippen LogP contribution in [-0.2, 0) is 22.6 Å². The van der Waals surface area contributed by atoms with Gasteiger partial charge in [0.15, 0.2) is 0 Å². The van der Waals surface area contributed by atoms with E-state index in [9.17, 15) is 19.5 Å². The van der Waals surface area contributed by atoms with E-state index in [0.717, 1.165) is 5.57 Å². The maximum atomic E-state index is 12.0. The first-order valence-corrected chi connectivity index (χ1v) is 8.20. The van der Waals surface area contributed by atoms with Crippen LogP contribution in [0.4, 0.5) is 0 Å². The van der Waals surface area contributed by atoms with Gasteiger partial charge in [-0.3, -0.25) is 4.79 Å². The van der Waals surface area contributed by atoms with Crippen LogP contribution in [-0.4, -0.2) is 35.2 Å². The highest BCUT2D eigenvalue weighted by molar-refractivity contribution is 6.07. The summed E-state index contributed by atoms with van der Waals surface area (Å²) < 4.78 is 10.4. The van der Waals surface area contributed by atoms with Crippen LogP contribution in [0.3, 0.4) is 0 Å². The van der Waals surface area contributed by atoms with Gasteiger partial charge in [0.2, 0.25) is 0 Å². The molecule has 1 aliphatic rings. The van der Waals surface area contributed by atoms with Crippen molar-refractivity contribution in [2.45, 2.75) is 40.2 Å². The molecule has 1 aromatic carbocycles. The molecule has 7 heteroatoms. The third-order valence-electron chi connectivity index (χ3n) is 4.59. The van der Waals surface area contributed by atoms with E-state index in [-0.39, 0.29) is 24.2 Å². The molecule has 1 atom stereocenters. The molecule has 26 heavy (non-hydrogen) atoms. The Kier molecular flexibility index (Phi) is 5.69. The minimum Gasteiger partial charge on any atom is -0.496 e. The Labute approximate surface area is 151 Å². The second kappa shape index (κ2) is 7.59. The number of benzene rings is 1. The normalized spacial score (nSPS) is 14.6. The van der Waals surface area contributed by atoms with E-state index in [0.29, 0.717) is 28.9 Å². The number of hydrogen-bond donors (Lipinski definition) is 2. The quantitative estimate of drug-likeness (QED) is 0.567. The summed E-state index contributed by atoms with van der Waals surface area (Å²) in [7, 11) is 1.45. The predicted octanol–water partition coefficient (Wildman–Crippen LogP) is 2.97. The van der Waals surface area contributed by atoms with Gasteiger partial charge in [-0.25, -0.2) is 9.59 Å². The number of fused-ring (bicyclic) bond motifs is 1. The fraction of sp³-hybridized carbons (Fsp3) is 0.421. The van der Waals surface area contributed by atoms with Crippen LogP contribution in [0.1, 0.15) is 57.7 Å². The van der Waals surface area contributed by atoms with Crippen molar-refractivity contribution >= 4 is 17.9 Å². The fourth-order valence-corrected chi connectivity index (χ4v) is 3.22. The first kappa shape index (κ1) is 19.5. The molecule has 0 radical (unpaired) electrons. The molecule has 0 amide bonds. The minimum atomic E-state index is -1.22. The number of carboxylic acids is 2. The lowest BCUT2D eigenvalue weighted by Gasteiger charge is -2.17. The van der Waals surface area contributed by atoms with E-state index < -0.39 is 23.8 Å². The van der Waals surface area contributed by atoms with Gasteiger partial charge in [0, 0.05) is 11.1 Å². The van der Waals surface area contributed by atoms with Crippen LogP contribution in [0.5, 0.6) is 5.75 Å². The summed E-state index contributed by atoms with van der Waals surface area (Å²) in [5, 5.41) is 18.7. The number of esters is 1. The zero-order chi connectivity index (χ0) is 19.6. The number of carboxylic acid groups (broad SMARTS) is 2. The number of hydrogen-bond acceptors (Lipinski definition) is 5. The smallest absolute Gasteiger partial charge is 0.339 e. The number of carbonyl (C=O) groups excluding carboxylic acids is 1. The average Bonchev–Trinajstić information content (AvgIpc) is 2.94. The van der Waals surface area contributed by atoms with Crippen LogP contribution in [0.15, 0.2) is 11.6 Å². The van der Waals surface area contributed by atoms with Crippen molar-refractivity contribution in [2.75, 3.05) is 7.11 Å². The van der Waals surface area contributed by atoms with Crippen LogP contribution in [0.25, 0.3) is 0 Å². The van der Waals surface area contributed by atoms with Gasteiger partial charge in [0.1, 0.15) is 12.4 Å². The first-order valence-electron chi connectivity index (χ1n) is 8.20. The zero-order valence-electron chi connectivity index (χ0n) is 15.2. The average molecular weight is 362 g/mol. The Bertz CT molecular complexity index is 805. The van der Waals surface area contributed by atoms with E-state index in [1.807, 2.05) is 0 Å². The number of aliphatic carboxylic acids is 1. The number of cyclic esters (lactones) is 1. The number of aromatic carboxylic acids is 1. The molecule has 1 aromatic rings. The molecule has 0 saturated carbocycles. The van der Waals surface area contributed by atoms with Gasteiger partial charge in [-0.1, -0.05) is 18.6 Å². The molecule has 0 saturated heterocycles. The molecule has 2 N–H and O–H groups in total. The predicted molar refractivity (Wildman–Crippen MR) is 92.7 cm³/mol. The van der Waals surface area contributed by atoms with Gasteiger partial charge >= 0.3 is 17.9 Å². The Hall–Kier alpha value is -2.83. The van der Waals surface area contributed by atoms with Gasteiger partial charge in [0.25, 0.3) is 0 Å². The highest BCUT2D eigenvalue weighted by Crippen LogP contribution is 2.38. The van der Waals surface area contributed by atoms with E-state index in [1.165, 1.54) is 7.11 Å². The first-order chi connectivity index (χ1) is 12.2. The SMILES string of the molecule is COc1c(C)c2c(c(C(=O)O)c1C/C=C(\C)C[C@@H](C)C(=O)O)C(=O)OC2. The summed E-state index contributed by atoms with van der Waals surface area (Å²) in [5.74, 6) is -2.89. The number of allylic oxidation sites excluding steroid dienone is 2. The number of carbonyl (C=O) groups is 3. The lowest BCUT2D eigenvalue weighted by molar-refractivity contribution is -0.141. The molecule has 7 nitrogen and oxygen atoms in total. The molecule has 140 valence electrons. The van der Waals surface area contributed by atoms with E-state index in [4.69, 9.17) is 14.6 Å². The van der Waals surface area contributed by atoms with Crippen molar-refractivity contribution in [3.63, 3.8) is 0 Å². The summed E-state index contributed by atoms with van der Waals surface area (Å²) >= 11 is 0. The van der Waals surface area contributed by atoms with Crippen LogP contribution < -0.4 is 4.74 Å². The van der Waals surface area contributed by atoms with Gasteiger partial charge in [0.05, 0.1) is 24.2 Å². The van der Waals surface area contributed by atoms with Crippen LogP contribution >= 0.6 is 0 Å². The lowest BCUT2D eigenvalue weighted by atomic mass is 9.89. The molecule has 0 fully saturated rings. The van der Waals surface area contributed by atoms with Gasteiger partial charge in [-0.05, 0) is 32.3 Å².